The van der Waals surface area contributed by atoms with Crippen LogP contribution in [0, 0.1) is 3.57 Å². The van der Waals surface area contributed by atoms with E-state index in [1.807, 2.05) is 36.4 Å². The van der Waals surface area contributed by atoms with Gasteiger partial charge in [-0.25, -0.2) is 0 Å². The molecule has 0 aromatic heterocycles. The standard InChI is InChI=1S/C15H12BrIO2/c1-10(19-14-4-2-3-13(17)9-14)15(18)11-5-7-12(16)8-6-11/h2-10H,1H3/t10-/m1/s1. The van der Waals surface area contributed by atoms with E-state index < -0.39 is 6.10 Å². The van der Waals surface area contributed by atoms with Crippen LogP contribution in [-0.4, -0.2) is 11.9 Å². The number of hydrogen-bond acceptors (Lipinski definition) is 2. The largest absolute Gasteiger partial charge is 0.483 e. The van der Waals surface area contributed by atoms with Gasteiger partial charge in [0.15, 0.2) is 6.10 Å². The van der Waals surface area contributed by atoms with Gasteiger partial charge in [-0.3, -0.25) is 4.79 Å². The fourth-order valence-corrected chi connectivity index (χ4v) is 2.43. The molecule has 1 atom stereocenters. The van der Waals surface area contributed by atoms with Crippen molar-refractivity contribution in [1.82, 2.24) is 0 Å². The summed E-state index contributed by atoms with van der Waals surface area (Å²) in [6.07, 6.45) is -0.501. The summed E-state index contributed by atoms with van der Waals surface area (Å²) in [5, 5.41) is 0. The highest BCUT2D eigenvalue weighted by atomic mass is 127. The van der Waals surface area contributed by atoms with Gasteiger partial charge in [0.1, 0.15) is 5.75 Å². The van der Waals surface area contributed by atoms with Crippen LogP contribution in [0.1, 0.15) is 17.3 Å². The van der Waals surface area contributed by atoms with E-state index in [9.17, 15) is 4.79 Å². The summed E-state index contributed by atoms with van der Waals surface area (Å²) in [5.41, 5.74) is 0.654. The van der Waals surface area contributed by atoms with Crippen molar-refractivity contribution < 1.29 is 9.53 Å². The quantitative estimate of drug-likeness (QED) is 0.519. The minimum absolute atomic E-state index is 0.0219. The van der Waals surface area contributed by atoms with Gasteiger partial charge in [0.05, 0.1) is 0 Å². The van der Waals surface area contributed by atoms with Crippen LogP contribution in [0.3, 0.4) is 0 Å². The predicted molar refractivity (Wildman–Crippen MR) is 87.7 cm³/mol. The molecule has 98 valence electrons. The van der Waals surface area contributed by atoms with Crippen LogP contribution in [0.2, 0.25) is 0 Å². The second-order valence-corrected chi connectivity index (χ2v) is 6.25. The molecule has 0 saturated heterocycles. The molecule has 0 unspecified atom stereocenters. The number of rotatable bonds is 4. The van der Waals surface area contributed by atoms with Gasteiger partial charge < -0.3 is 4.74 Å². The Kier molecular flexibility index (Phi) is 4.99. The molecule has 2 nitrogen and oxygen atoms in total. The van der Waals surface area contributed by atoms with Crippen LogP contribution >= 0.6 is 38.5 Å². The number of halogens is 2. The Morgan fingerprint density at radius 3 is 2.53 bits per heavy atom. The summed E-state index contributed by atoms with van der Waals surface area (Å²) in [6, 6.07) is 14.9. The predicted octanol–water partition coefficient (Wildman–Crippen LogP) is 4.70. The molecule has 0 fully saturated rings. The summed E-state index contributed by atoms with van der Waals surface area (Å²) >= 11 is 5.56. The molecule has 0 aliphatic rings. The lowest BCUT2D eigenvalue weighted by molar-refractivity contribution is 0.0818. The highest BCUT2D eigenvalue weighted by molar-refractivity contribution is 14.1. The van der Waals surface area contributed by atoms with Gasteiger partial charge in [-0.05, 0) is 59.8 Å². The summed E-state index contributed by atoms with van der Waals surface area (Å²) in [6.45, 7) is 1.77. The lowest BCUT2D eigenvalue weighted by atomic mass is 10.1. The second-order valence-electron chi connectivity index (χ2n) is 4.09. The zero-order chi connectivity index (χ0) is 13.8. The topological polar surface area (TPSA) is 26.3 Å². The van der Waals surface area contributed by atoms with Crippen LogP contribution < -0.4 is 4.74 Å². The molecule has 19 heavy (non-hydrogen) atoms. The SMILES string of the molecule is C[C@@H](Oc1cccc(I)c1)C(=O)c1ccc(Br)cc1. The Morgan fingerprint density at radius 1 is 1.21 bits per heavy atom. The number of benzene rings is 2. The summed E-state index contributed by atoms with van der Waals surface area (Å²) < 4.78 is 7.71. The number of hydrogen-bond donors (Lipinski definition) is 0. The number of Topliss-reactive ketones (excluding diaryl/α,β-unsaturated/α-hetero) is 1. The van der Waals surface area contributed by atoms with Crippen molar-refractivity contribution in [2.24, 2.45) is 0 Å². The van der Waals surface area contributed by atoms with E-state index in [4.69, 9.17) is 4.74 Å². The minimum Gasteiger partial charge on any atom is -0.483 e. The number of carbonyl (C=O) groups excluding carboxylic acids is 1. The number of carbonyl (C=O) groups is 1. The van der Waals surface area contributed by atoms with Crippen molar-refractivity contribution >= 4 is 44.3 Å². The van der Waals surface area contributed by atoms with Gasteiger partial charge in [0.2, 0.25) is 5.78 Å². The number of ether oxygens (including phenoxy) is 1. The zero-order valence-corrected chi connectivity index (χ0v) is 14.0. The third kappa shape index (κ3) is 4.04. The van der Waals surface area contributed by atoms with E-state index in [1.54, 1.807) is 19.1 Å². The molecule has 0 aliphatic carbocycles. The van der Waals surface area contributed by atoms with E-state index >= 15 is 0 Å². The maximum absolute atomic E-state index is 12.2. The van der Waals surface area contributed by atoms with Gasteiger partial charge in [0.25, 0.3) is 0 Å². The van der Waals surface area contributed by atoms with Crippen LogP contribution in [0.25, 0.3) is 0 Å². The van der Waals surface area contributed by atoms with Crippen molar-refractivity contribution in [3.63, 3.8) is 0 Å². The Bertz CT molecular complexity index is 581. The second kappa shape index (κ2) is 6.52. The summed E-state index contributed by atoms with van der Waals surface area (Å²) in [4.78, 5) is 12.2. The van der Waals surface area contributed by atoms with Gasteiger partial charge in [-0.15, -0.1) is 0 Å². The van der Waals surface area contributed by atoms with Crippen molar-refractivity contribution in [2.45, 2.75) is 13.0 Å². The molecule has 2 rings (SSSR count). The summed E-state index contributed by atoms with van der Waals surface area (Å²) in [7, 11) is 0. The smallest absolute Gasteiger partial charge is 0.202 e. The van der Waals surface area contributed by atoms with Gasteiger partial charge >= 0.3 is 0 Å². The Labute approximate surface area is 134 Å². The zero-order valence-electron chi connectivity index (χ0n) is 10.3. The van der Waals surface area contributed by atoms with E-state index in [2.05, 4.69) is 38.5 Å². The molecule has 0 bridgehead atoms. The first-order valence-electron chi connectivity index (χ1n) is 5.78. The molecular formula is C15H12BrIO2. The van der Waals surface area contributed by atoms with Gasteiger partial charge in [-0.2, -0.15) is 0 Å². The lowest BCUT2D eigenvalue weighted by Crippen LogP contribution is -2.23. The Morgan fingerprint density at radius 2 is 1.89 bits per heavy atom. The van der Waals surface area contributed by atoms with Crippen molar-refractivity contribution in [2.75, 3.05) is 0 Å². The maximum Gasteiger partial charge on any atom is 0.202 e. The Balaban J connectivity index is 2.09. The fourth-order valence-electron chi connectivity index (χ4n) is 1.65. The lowest BCUT2D eigenvalue weighted by Gasteiger charge is -2.14. The van der Waals surface area contributed by atoms with Crippen LogP contribution in [0.4, 0.5) is 0 Å². The van der Waals surface area contributed by atoms with Crippen LogP contribution in [-0.2, 0) is 0 Å². The molecule has 0 aliphatic heterocycles. The first kappa shape index (κ1) is 14.5. The van der Waals surface area contributed by atoms with E-state index in [-0.39, 0.29) is 5.78 Å². The highest BCUT2D eigenvalue weighted by Crippen LogP contribution is 2.18. The van der Waals surface area contributed by atoms with Crippen molar-refractivity contribution in [1.29, 1.82) is 0 Å². The monoisotopic (exact) mass is 430 g/mol. The first-order chi connectivity index (χ1) is 9.06. The van der Waals surface area contributed by atoms with Gasteiger partial charge in [0, 0.05) is 13.6 Å². The molecule has 0 spiro atoms. The molecule has 2 aromatic carbocycles. The molecule has 4 heteroatoms. The first-order valence-corrected chi connectivity index (χ1v) is 7.65. The normalized spacial score (nSPS) is 11.9. The van der Waals surface area contributed by atoms with Crippen molar-refractivity contribution in [3.05, 3.63) is 62.1 Å². The average molecular weight is 431 g/mol. The van der Waals surface area contributed by atoms with E-state index in [1.165, 1.54) is 0 Å². The van der Waals surface area contributed by atoms with Gasteiger partial charge in [-0.1, -0.05) is 34.1 Å². The fraction of sp³-hybridized carbons (Fsp3) is 0.133. The molecular weight excluding hydrogens is 419 g/mol. The minimum atomic E-state index is -0.501. The Hall–Kier alpha value is -0.880. The molecule has 0 amide bonds. The average Bonchev–Trinajstić information content (AvgIpc) is 2.39. The maximum atomic E-state index is 12.2. The molecule has 0 heterocycles. The number of ketones is 1. The molecule has 0 radical (unpaired) electrons. The van der Waals surface area contributed by atoms with E-state index in [0.29, 0.717) is 11.3 Å². The molecule has 2 aromatic rings. The van der Waals surface area contributed by atoms with Crippen LogP contribution in [0.15, 0.2) is 53.0 Å². The molecule has 0 N–H and O–H groups in total. The molecule has 0 saturated carbocycles. The van der Waals surface area contributed by atoms with Crippen LogP contribution in [0.5, 0.6) is 5.75 Å². The summed E-state index contributed by atoms with van der Waals surface area (Å²) in [5.74, 6) is 0.691. The third-order valence-electron chi connectivity index (χ3n) is 2.61. The highest BCUT2D eigenvalue weighted by Gasteiger charge is 2.16. The van der Waals surface area contributed by atoms with E-state index in [0.717, 1.165) is 8.04 Å². The van der Waals surface area contributed by atoms with Crippen molar-refractivity contribution in [3.8, 4) is 5.75 Å². The third-order valence-corrected chi connectivity index (χ3v) is 3.81.